The van der Waals surface area contributed by atoms with Crippen molar-refractivity contribution in [2.75, 3.05) is 0 Å². The molecule has 2 aromatic heterocycles. The van der Waals surface area contributed by atoms with Gasteiger partial charge in [0, 0.05) is 27.2 Å². The van der Waals surface area contributed by atoms with Gasteiger partial charge in [-0.15, -0.1) is 11.3 Å². The average Bonchev–Trinajstić information content (AvgIpc) is 3.52. The summed E-state index contributed by atoms with van der Waals surface area (Å²) in [6.07, 6.45) is 1.97. The number of hydrogen-bond acceptors (Lipinski definition) is 2. The monoisotopic (exact) mass is 613 g/mol. The molecule has 0 saturated heterocycles. The van der Waals surface area contributed by atoms with E-state index in [4.69, 9.17) is 4.98 Å². The van der Waals surface area contributed by atoms with Gasteiger partial charge in [0.05, 0.1) is 10.4 Å². The molecular formula is C45H27NS. The normalized spacial score (nSPS) is 11.8. The maximum absolute atomic E-state index is 5.02. The van der Waals surface area contributed by atoms with Gasteiger partial charge in [0.25, 0.3) is 0 Å². The Bertz CT molecular complexity index is 2850. The molecule has 47 heavy (non-hydrogen) atoms. The van der Waals surface area contributed by atoms with Crippen LogP contribution in [0.2, 0.25) is 0 Å². The Morgan fingerprint density at radius 1 is 0.383 bits per heavy atom. The second kappa shape index (κ2) is 10.3. The third-order valence-electron chi connectivity index (χ3n) is 9.69. The van der Waals surface area contributed by atoms with Crippen LogP contribution in [-0.2, 0) is 0 Å². The van der Waals surface area contributed by atoms with Crippen LogP contribution < -0.4 is 0 Å². The van der Waals surface area contributed by atoms with E-state index in [0.717, 1.165) is 11.3 Å². The van der Waals surface area contributed by atoms with Gasteiger partial charge in [-0.2, -0.15) is 0 Å². The van der Waals surface area contributed by atoms with Crippen LogP contribution in [0, 0.1) is 0 Å². The van der Waals surface area contributed by atoms with Crippen LogP contribution in [0.3, 0.4) is 0 Å². The smallest absolute Gasteiger partial charge is 0.0880 e. The van der Waals surface area contributed by atoms with Gasteiger partial charge < -0.3 is 0 Å². The summed E-state index contributed by atoms with van der Waals surface area (Å²) in [7, 11) is 0. The predicted molar refractivity (Wildman–Crippen MR) is 203 cm³/mol. The first-order chi connectivity index (χ1) is 23.3. The lowest BCUT2D eigenvalue weighted by molar-refractivity contribution is 1.37. The molecule has 10 aromatic rings. The second-order valence-electron chi connectivity index (χ2n) is 12.3. The second-order valence-corrected chi connectivity index (χ2v) is 13.3. The standard InChI is InChI=1S/C45H27NS/c1-2-12-30-26-31(21-20-28(30)10-1)42-36-16-5-6-17-37(36)43(35-18-9-13-29-11-3-4-14-33(29)35)38-23-22-32(27-40(38)42)44-45-39(24-25-46-44)34-15-7-8-19-41(34)47-45/h1-27H. The summed E-state index contributed by atoms with van der Waals surface area (Å²) in [5.41, 5.74) is 7.18. The number of fused-ring (bicyclic) bond motifs is 7. The predicted octanol–water partition coefficient (Wildman–Crippen LogP) is 13.1. The van der Waals surface area contributed by atoms with Gasteiger partial charge >= 0.3 is 0 Å². The molecule has 0 spiro atoms. The number of nitrogens with zero attached hydrogens (tertiary/aromatic N) is 1. The molecule has 8 aromatic carbocycles. The van der Waals surface area contributed by atoms with Crippen LogP contribution in [0.25, 0.3) is 96.8 Å². The van der Waals surface area contributed by atoms with E-state index in [1.54, 1.807) is 0 Å². The van der Waals surface area contributed by atoms with E-state index in [1.807, 2.05) is 17.5 Å². The van der Waals surface area contributed by atoms with Gasteiger partial charge in [-0.3, -0.25) is 4.98 Å². The quantitative estimate of drug-likeness (QED) is 0.181. The van der Waals surface area contributed by atoms with Crippen molar-refractivity contribution < 1.29 is 0 Å². The number of aromatic nitrogens is 1. The van der Waals surface area contributed by atoms with Crippen molar-refractivity contribution in [3.63, 3.8) is 0 Å². The molecule has 10 rings (SSSR count). The van der Waals surface area contributed by atoms with E-state index in [9.17, 15) is 0 Å². The van der Waals surface area contributed by atoms with E-state index < -0.39 is 0 Å². The molecule has 2 heterocycles. The number of pyridine rings is 1. The first kappa shape index (κ1) is 26.4. The van der Waals surface area contributed by atoms with Crippen LogP contribution in [-0.4, -0.2) is 4.98 Å². The Kier molecular flexibility index (Phi) is 5.81. The number of rotatable bonds is 3. The Morgan fingerprint density at radius 3 is 1.91 bits per heavy atom. The van der Waals surface area contributed by atoms with Crippen molar-refractivity contribution in [1.82, 2.24) is 4.98 Å². The first-order valence-corrected chi connectivity index (χ1v) is 16.9. The summed E-state index contributed by atoms with van der Waals surface area (Å²) in [6, 6.07) is 57.8. The number of thiophene rings is 1. The van der Waals surface area contributed by atoms with Crippen molar-refractivity contribution in [2.45, 2.75) is 0 Å². The lowest BCUT2D eigenvalue weighted by atomic mass is 9.83. The van der Waals surface area contributed by atoms with Crippen molar-refractivity contribution in [3.05, 3.63) is 164 Å². The van der Waals surface area contributed by atoms with E-state index in [-0.39, 0.29) is 0 Å². The highest BCUT2D eigenvalue weighted by atomic mass is 32.1. The minimum Gasteiger partial charge on any atom is -0.255 e. The molecule has 0 bridgehead atoms. The zero-order chi connectivity index (χ0) is 30.9. The fourth-order valence-electron chi connectivity index (χ4n) is 7.57. The molecule has 0 amide bonds. The molecule has 0 saturated carbocycles. The van der Waals surface area contributed by atoms with Gasteiger partial charge in [0.15, 0.2) is 0 Å². The Labute approximate surface area is 276 Å². The minimum atomic E-state index is 1.04. The lowest BCUT2D eigenvalue weighted by Crippen LogP contribution is -1.93. The molecule has 0 unspecified atom stereocenters. The van der Waals surface area contributed by atoms with Crippen molar-refractivity contribution in [1.29, 1.82) is 0 Å². The topological polar surface area (TPSA) is 12.9 Å². The van der Waals surface area contributed by atoms with Gasteiger partial charge in [0.2, 0.25) is 0 Å². The van der Waals surface area contributed by atoms with Crippen LogP contribution >= 0.6 is 11.3 Å². The van der Waals surface area contributed by atoms with Crippen LogP contribution in [0.4, 0.5) is 0 Å². The highest BCUT2D eigenvalue weighted by molar-refractivity contribution is 7.26. The molecule has 0 aliphatic carbocycles. The van der Waals surface area contributed by atoms with Crippen molar-refractivity contribution in [3.8, 4) is 33.5 Å². The largest absolute Gasteiger partial charge is 0.255 e. The summed E-state index contributed by atoms with van der Waals surface area (Å²) in [4.78, 5) is 5.02. The maximum atomic E-state index is 5.02. The fourth-order valence-corrected chi connectivity index (χ4v) is 8.78. The van der Waals surface area contributed by atoms with Crippen LogP contribution in [0.5, 0.6) is 0 Å². The molecule has 0 N–H and O–H groups in total. The number of hydrogen-bond donors (Lipinski definition) is 0. The van der Waals surface area contributed by atoms with Crippen LogP contribution in [0.15, 0.2) is 164 Å². The van der Waals surface area contributed by atoms with Crippen molar-refractivity contribution >= 4 is 74.6 Å². The van der Waals surface area contributed by atoms with E-state index in [2.05, 4.69) is 158 Å². The Hall–Kier alpha value is -5.83. The molecule has 218 valence electrons. The average molecular weight is 614 g/mol. The van der Waals surface area contributed by atoms with Gasteiger partial charge in [-0.1, -0.05) is 133 Å². The summed E-state index contributed by atoms with van der Waals surface area (Å²) in [6.45, 7) is 0. The highest BCUT2D eigenvalue weighted by Gasteiger charge is 2.20. The molecule has 2 heteroatoms. The number of benzene rings is 8. The van der Waals surface area contributed by atoms with Gasteiger partial charge in [-0.25, -0.2) is 0 Å². The first-order valence-electron chi connectivity index (χ1n) is 16.0. The summed E-state index contributed by atoms with van der Waals surface area (Å²) in [5, 5.41) is 12.6. The summed E-state index contributed by atoms with van der Waals surface area (Å²) < 4.78 is 2.52. The molecule has 0 aliphatic rings. The molecule has 0 radical (unpaired) electrons. The lowest BCUT2D eigenvalue weighted by Gasteiger charge is -2.20. The van der Waals surface area contributed by atoms with Gasteiger partial charge in [0.1, 0.15) is 0 Å². The molecule has 0 fully saturated rings. The fraction of sp³-hybridized carbons (Fsp3) is 0. The SMILES string of the molecule is c1ccc2cc(-c3c4ccccc4c(-c4cccc5ccccc45)c4ccc(-c5nccc6c5sc5ccccc56)cc34)ccc2c1. The van der Waals surface area contributed by atoms with E-state index in [1.165, 1.54) is 85.5 Å². The van der Waals surface area contributed by atoms with Crippen molar-refractivity contribution in [2.24, 2.45) is 0 Å². The van der Waals surface area contributed by atoms with E-state index >= 15 is 0 Å². The maximum Gasteiger partial charge on any atom is 0.0880 e. The zero-order valence-corrected chi connectivity index (χ0v) is 26.3. The molecule has 0 atom stereocenters. The Morgan fingerprint density at radius 2 is 1.04 bits per heavy atom. The third-order valence-corrected chi connectivity index (χ3v) is 10.9. The molecular weight excluding hydrogens is 587 g/mol. The molecule has 1 nitrogen and oxygen atoms in total. The van der Waals surface area contributed by atoms with Crippen LogP contribution in [0.1, 0.15) is 0 Å². The summed E-state index contributed by atoms with van der Waals surface area (Å²) >= 11 is 1.83. The van der Waals surface area contributed by atoms with Gasteiger partial charge in [-0.05, 0) is 89.6 Å². The third kappa shape index (κ3) is 4.05. The highest BCUT2D eigenvalue weighted by Crippen LogP contribution is 2.47. The zero-order valence-electron chi connectivity index (χ0n) is 25.4. The van der Waals surface area contributed by atoms with E-state index in [0.29, 0.717) is 0 Å². The molecule has 0 aliphatic heterocycles. The minimum absolute atomic E-state index is 1.04. The Balaban J connectivity index is 1.35. The summed E-state index contributed by atoms with van der Waals surface area (Å²) in [5.74, 6) is 0.